The number of hydrogen-bond donors (Lipinski definition) is 0. The first-order valence-electron chi connectivity index (χ1n) is 18.1. The Hall–Kier alpha value is -4.21. The van der Waals surface area contributed by atoms with Crippen LogP contribution < -0.4 is 20.7 Å². The van der Waals surface area contributed by atoms with Crippen LogP contribution in [0.1, 0.15) is 0 Å². The maximum atomic E-state index is 2.64. The largest absolute Gasteiger partial charge is 0.309 e. The smallest absolute Gasteiger partial charge is 0.0791 e. The van der Waals surface area contributed by atoms with Gasteiger partial charge in [0.05, 0.1) is 52.4 Å². The van der Waals surface area contributed by atoms with Gasteiger partial charge in [-0.2, -0.15) is 0 Å². The van der Waals surface area contributed by atoms with Crippen molar-refractivity contribution in [2.24, 2.45) is 0 Å². The first kappa shape index (κ1) is 31.7. The van der Waals surface area contributed by atoms with Gasteiger partial charge in [-0.05, 0) is 48.5 Å². The van der Waals surface area contributed by atoms with Crippen molar-refractivity contribution in [3.63, 3.8) is 0 Å². The fraction of sp³-hybridized carbons (Fsp3) is 0.182. The van der Waals surface area contributed by atoms with Gasteiger partial charge in [-0.25, -0.2) is 0 Å². The molecule has 1 aliphatic heterocycles. The van der Waals surface area contributed by atoms with Crippen molar-refractivity contribution in [1.29, 1.82) is 0 Å². The Morgan fingerprint density at radius 1 is 0.300 bits per heavy atom. The molecule has 0 saturated carbocycles. The highest BCUT2D eigenvalue weighted by Gasteiger charge is 2.46. The summed E-state index contributed by atoms with van der Waals surface area (Å²) in [6, 6.07) is 52.1. The molecule has 0 unspecified atom stereocenters. The number of hydrogen-bond acceptors (Lipinski definition) is 0. The minimum Gasteiger partial charge on any atom is -0.309 e. The maximum absolute atomic E-state index is 2.64. The van der Waals surface area contributed by atoms with E-state index in [0.29, 0.717) is 0 Å². The summed E-state index contributed by atoms with van der Waals surface area (Å²) in [5.41, 5.74) is 7.71. The highest BCUT2D eigenvalue weighted by atomic mass is 29.3. The molecule has 2 nitrogen and oxygen atoms in total. The van der Waals surface area contributed by atoms with Crippen LogP contribution in [0.25, 0.3) is 55.0 Å². The molecule has 50 heavy (non-hydrogen) atoms. The van der Waals surface area contributed by atoms with Crippen LogP contribution in [0, 0.1) is 0 Å². The lowest BCUT2D eigenvalue weighted by Gasteiger charge is -2.40. The third-order valence-electron chi connectivity index (χ3n) is 13.6. The lowest BCUT2D eigenvalue weighted by atomic mass is 10.1. The van der Waals surface area contributed by atoms with Crippen LogP contribution in [0.2, 0.25) is 52.4 Å². The van der Waals surface area contributed by atoms with E-state index in [4.69, 9.17) is 0 Å². The number of benzene rings is 6. The molecule has 0 spiro atoms. The maximum Gasteiger partial charge on any atom is 0.0791 e. The minimum atomic E-state index is -1.96. The van der Waals surface area contributed by atoms with E-state index >= 15 is 0 Å². The molecule has 0 N–H and O–H groups in total. The summed E-state index contributed by atoms with van der Waals surface area (Å²) in [5, 5.41) is 11.9. The summed E-state index contributed by atoms with van der Waals surface area (Å²) in [5.74, 6) is 0. The predicted molar refractivity (Wildman–Crippen MR) is 230 cm³/mol. The molecule has 6 heteroatoms. The molecule has 1 aliphatic rings. The Morgan fingerprint density at radius 2 is 0.540 bits per heavy atom. The van der Waals surface area contributed by atoms with Gasteiger partial charge in [-0.15, -0.1) is 0 Å². The van der Waals surface area contributed by atoms with Gasteiger partial charge in [0, 0.05) is 32.9 Å². The Morgan fingerprint density at radius 3 is 0.780 bits per heavy atom. The summed E-state index contributed by atoms with van der Waals surface area (Å²) >= 11 is 0. The highest BCUT2D eigenvalue weighted by molar-refractivity contribution is 7.50. The molecular weight excluding hydrogens is 669 g/mol. The van der Waals surface area contributed by atoms with Crippen molar-refractivity contribution in [3.8, 4) is 11.4 Å². The average Bonchev–Trinajstić information content (AvgIpc) is 3.63. The zero-order valence-corrected chi connectivity index (χ0v) is 34.6. The molecule has 0 radical (unpaired) electrons. The molecule has 6 aromatic carbocycles. The molecular formula is C44H46N2Si4. The lowest BCUT2D eigenvalue weighted by molar-refractivity contribution is 1.18. The Labute approximate surface area is 299 Å². The van der Waals surface area contributed by atoms with E-state index in [1.54, 1.807) is 20.7 Å². The average molecular weight is 715 g/mol. The second-order valence-corrected chi connectivity index (χ2v) is 47.1. The van der Waals surface area contributed by atoms with E-state index in [-0.39, 0.29) is 0 Å². The summed E-state index contributed by atoms with van der Waals surface area (Å²) in [4.78, 5) is 0. The summed E-state index contributed by atoms with van der Waals surface area (Å²) in [6.07, 6.45) is 0. The summed E-state index contributed by atoms with van der Waals surface area (Å²) in [7, 11) is -7.83. The summed E-state index contributed by atoms with van der Waals surface area (Å²) < 4.78 is 5.00. The van der Waals surface area contributed by atoms with E-state index in [1.165, 1.54) is 55.0 Å². The fourth-order valence-corrected chi connectivity index (χ4v) is 26.2. The van der Waals surface area contributed by atoms with Crippen LogP contribution >= 0.6 is 0 Å². The number of para-hydroxylation sites is 2. The molecule has 0 aliphatic carbocycles. The van der Waals surface area contributed by atoms with E-state index in [0.717, 1.165) is 0 Å². The van der Waals surface area contributed by atoms with Gasteiger partial charge in [0.1, 0.15) is 0 Å². The normalized spacial score (nSPS) is 17.4. The Kier molecular flexibility index (Phi) is 6.76. The number of nitrogens with zero attached hydrogens (tertiary/aromatic N) is 2. The molecule has 0 fully saturated rings. The quantitative estimate of drug-likeness (QED) is 0.158. The van der Waals surface area contributed by atoms with Gasteiger partial charge >= 0.3 is 0 Å². The van der Waals surface area contributed by atoms with Gasteiger partial charge in [0.15, 0.2) is 0 Å². The molecule has 9 rings (SSSR count). The van der Waals surface area contributed by atoms with Crippen molar-refractivity contribution in [1.82, 2.24) is 9.13 Å². The van der Waals surface area contributed by atoms with E-state index in [1.807, 2.05) is 0 Å². The fourth-order valence-electron chi connectivity index (χ4n) is 8.76. The third kappa shape index (κ3) is 4.22. The van der Waals surface area contributed by atoms with Crippen LogP contribution in [-0.2, 0) is 0 Å². The van der Waals surface area contributed by atoms with Gasteiger partial charge in [0.2, 0.25) is 0 Å². The van der Waals surface area contributed by atoms with Crippen molar-refractivity contribution >= 4 is 94.7 Å². The highest BCUT2D eigenvalue weighted by Crippen LogP contribution is 2.36. The first-order chi connectivity index (χ1) is 23.8. The van der Waals surface area contributed by atoms with Crippen molar-refractivity contribution in [2.75, 3.05) is 0 Å². The summed E-state index contributed by atoms with van der Waals surface area (Å²) in [6.45, 7) is 21.2. The van der Waals surface area contributed by atoms with Crippen molar-refractivity contribution in [3.05, 3.63) is 133 Å². The second-order valence-electron chi connectivity index (χ2n) is 16.8. The molecule has 0 atom stereocenters. The Bertz CT molecular complexity index is 2320. The molecule has 3 heterocycles. The van der Waals surface area contributed by atoms with Crippen molar-refractivity contribution < 1.29 is 0 Å². The zero-order valence-electron chi connectivity index (χ0n) is 30.6. The van der Waals surface area contributed by atoms with E-state index in [2.05, 4.69) is 195 Å². The van der Waals surface area contributed by atoms with Crippen molar-refractivity contribution in [2.45, 2.75) is 52.4 Å². The molecule has 8 aromatic rings. The number of fused-ring (bicyclic) bond motifs is 4. The molecule has 8 bridgehead atoms. The van der Waals surface area contributed by atoms with Crippen LogP contribution in [0.3, 0.4) is 0 Å². The molecule has 0 amide bonds. The van der Waals surface area contributed by atoms with Crippen LogP contribution in [0.5, 0.6) is 0 Å². The Balaban J connectivity index is 1.41. The van der Waals surface area contributed by atoms with Gasteiger partial charge in [0.25, 0.3) is 0 Å². The zero-order chi connectivity index (χ0) is 34.8. The molecule has 2 aromatic heterocycles. The third-order valence-corrected chi connectivity index (χ3v) is 49.1. The van der Waals surface area contributed by atoms with Crippen LogP contribution in [0.4, 0.5) is 0 Å². The van der Waals surface area contributed by atoms with Gasteiger partial charge in [-0.3, -0.25) is 0 Å². The second kappa shape index (κ2) is 10.7. The molecule has 0 saturated heterocycles. The van der Waals surface area contributed by atoms with Gasteiger partial charge in [-0.1, -0.05) is 158 Å². The van der Waals surface area contributed by atoms with Crippen LogP contribution in [-0.4, -0.2) is 39.5 Å². The SMILES string of the molecule is C[Si]1(C)c2ccc3c(c2)c2cc(ccc2n3-c2ccccc2)[Si](C)(C)[Si](C)(C)c2ccc3c(c2)c2cc(ccc2n3-c2ccccc2)[Si]1(C)C. The standard InChI is InChI=1S/C44H46N2Si4/c1-47(2)33-19-23-41-37(27-33)39-29-35(21-25-43(39)45(41)31-15-11-9-12-16-31)49(5,6)50(7,8)36-22-26-44-40(30-36)38-28-34(48(47,3)4)20-24-42(38)46(44)32-17-13-10-14-18-32/h9-30H,1-8H3. The predicted octanol–water partition coefficient (Wildman–Crippen LogP) is 9.41. The molecule has 248 valence electrons. The van der Waals surface area contributed by atoms with E-state index < -0.39 is 30.4 Å². The van der Waals surface area contributed by atoms with Crippen LogP contribution in [0.15, 0.2) is 133 Å². The number of rotatable bonds is 2. The monoisotopic (exact) mass is 714 g/mol. The minimum absolute atomic E-state index is 1.23. The topological polar surface area (TPSA) is 9.86 Å². The van der Waals surface area contributed by atoms with E-state index in [9.17, 15) is 0 Å². The number of aromatic nitrogens is 2. The lowest BCUT2D eigenvalue weighted by Crippen LogP contribution is -2.69. The van der Waals surface area contributed by atoms with Gasteiger partial charge < -0.3 is 9.13 Å². The first-order valence-corrected chi connectivity index (χ1v) is 32.1.